The number of hydrogen-bond donors (Lipinski definition) is 0. The Morgan fingerprint density at radius 1 is 0.492 bits per heavy atom. The molecule has 7 nitrogen and oxygen atoms in total. The molecule has 2 aliphatic heterocycles. The molecule has 0 unspecified atom stereocenters. The molecule has 8 aromatic carbocycles. The van der Waals surface area contributed by atoms with E-state index in [2.05, 4.69) is 175 Å². The molecule has 0 saturated heterocycles. The Labute approximate surface area is 378 Å². The highest BCUT2D eigenvalue weighted by Gasteiger charge is 2.43. The number of hydrogen-bond acceptors (Lipinski definition) is 6. The molecule has 0 amide bonds. The number of anilines is 6. The Hall–Kier alpha value is -7.97. The first-order valence-electron chi connectivity index (χ1n) is 22.8. The summed E-state index contributed by atoms with van der Waals surface area (Å²) < 4.78 is 9.03. The first-order valence-corrected chi connectivity index (χ1v) is 22.8. The number of nitrogens with zero attached hydrogens (tertiary/aromatic N) is 6. The third-order valence-corrected chi connectivity index (χ3v) is 13.8. The molecule has 310 valence electrons. The quantitative estimate of drug-likeness (QED) is 0.149. The Kier molecular flexibility index (Phi) is 8.89. The van der Waals surface area contributed by atoms with Gasteiger partial charge in [0.2, 0.25) is 0 Å². The van der Waals surface area contributed by atoms with Crippen LogP contribution >= 0.6 is 0 Å². The van der Waals surface area contributed by atoms with Crippen LogP contribution in [0.1, 0.15) is 43.6 Å². The molecular formula is C57H43BN6O. The molecule has 4 heterocycles. The van der Waals surface area contributed by atoms with Gasteiger partial charge in [0.05, 0.1) is 11.0 Å². The number of fused-ring (bicyclic) bond motifs is 7. The maximum absolute atomic E-state index is 6.52. The normalized spacial score (nSPS) is 14.3. The summed E-state index contributed by atoms with van der Waals surface area (Å²) in [6, 6.07) is 65.8. The second-order valence-corrected chi connectivity index (χ2v) is 17.5. The summed E-state index contributed by atoms with van der Waals surface area (Å²) >= 11 is 0. The van der Waals surface area contributed by atoms with Crippen LogP contribution in [0.4, 0.5) is 34.1 Å². The van der Waals surface area contributed by atoms with Crippen LogP contribution in [0.15, 0.2) is 195 Å². The zero-order valence-corrected chi connectivity index (χ0v) is 35.8. The summed E-state index contributed by atoms with van der Waals surface area (Å²) in [5, 5.41) is 2.70. The fourth-order valence-electron chi connectivity index (χ4n) is 11.1. The van der Waals surface area contributed by atoms with E-state index in [0.717, 1.165) is 56.9 Å². The standard InChI is InChI=1S/C57H43BN6O/c1-4-15-38(16-5-1)45-24-13-26-51-55(45)46-23-10-11-25-49(46)63(51)42-30-31-47-54(35-42)64(41-19-12-22-44(34-41)65-43-20-8-3-9-21-43)53-28-14-27-52-56(53)58(47)48-33-39(57-60-36-59-37-61-57)29-32-50(48)62(52)40-17-6-2-7-18-40/h2-3,6-14,17-38H,1,4-5,15-16H2. The van der Waals surface area contributed by atoms with Gasteiger partial charge in [0.25, 0.3) is 6.71 Å². The smallest absolute Gasteiger partial charge is 0.252 e. The van der Waals surface area contributed by atoms with Gasteiger partial charge < -0.3 is 19.1 Å². The van der Waals surface area contributed by atoms with Gasteiger partial charge in [0, 0.05) is 62.2 Å². The van der Waals surface area contributed by atoms with E-state index < -0.39 is 0 Å². The molecule has 1 aliphatic carbocycles. The summed E-state index contributed by atoms with van der Waals surface area (Å²) in [6.07, 6.45) is 9.57. The molecule has 0 spiro atoms. The number of para-hydroxylation sites is 3. The molecule has 13 rings (SSSR count). The van der Waals surface area contributed by atoms with E-state index in [0.29, 0.717) is 11.7 Å². The van der Waals surface area contributed by atoms with Crippen molar-refractivity contribution in [2.24, 2.45) is 0 Å². The second-order valence-electron chi connectivity index (χ2n) is 17.5. The first-order chi connectivity index (χ1) is 32.3. The molecule has 8 heteroatoms. The Morgan fingerprint density at radius 2 is 1.18 bits per heavy atom. The van der Waals surface area contributed by atoms with Gasteiger partial charge >= 0.3 is 0 Å². The average Bonchev–Trinajstić information content (AvgIpc) is 3.72. The Morgan fingerprint density at radius 3 is 2.02 bits per heavy atom. The van der Waals surface area contributed by atoms with Crippen LogP contribution in [-0.4, -0.2) is 26.2 Å². The molecule has 2 aromatic heterocycles. The van der Waals surface area contributed by atoms with Crippen molar-refractivity contribution < 1.29 is 4.74 Å². The summed E-state index contributed by atoms with van der Waals surface area (Å²) in [5.74, 6) is 2.79. The molecule has 0 bridgehead atoms. The van der Waals surface area contributed by atoms with Crippen molar-refractivity contribution >= 4 is 79.0 Å². The lowest BCUT2D eigenvalue weighted by molar-refractivity contribution is 0.445. The average molecular weight is 839 g/mol. The van der Waals surface area contributed by atoms with Gasteiger partial charge in [-0.25, -0.2) is 15.0 Å². The van der Waals surface area contributed by atoms with Crippen molar-refractivity contribution in [3.05, 3.63) is 200 Å². The predicted molar refractivity (Wildman–Crippen MR) is 266 cm³/mol. The van der Waals surface area contributed by atoms with Crippen LogP contribution in [0.25, 0.3) is 38.9 Å². The third kappa shape index (κ3) is 6.16. The van der Waals surface area contributed by atoms with E-state index in [9.17, 15) is 0 Å². The molecule has 0 atom stereocenters. The highest BCUT2D eigenvalue weighted by molar-refractivity contribution is 7.00. The topological polar surface area (TPSA) is 59.3 Å². The molecule has 3 aliphatic rings. The van der Waals surface area contributed by atoms with Gasteiger partial charge in [0.1, 0.15) is 24.2 Å². The lowest BCUT2D eigenvalue weighted by atomic mass is 9.33. The Bertz CT molecular complexity index is 3420. The van der Waals surface area contributed by atoms with Gasteiger partial charge in [-0.1, -0.05) is 110 Å². The minimum atomic E-state index is -0.0990. The molecule has 1 fully saturated rings. The van der Waals surface area contributed by atoms with Gasteiger partial charge in [-0.2, -0.15) is 0 Å². The van der Waals surface area contributed by atoms with Crippen molar-refractivity contribution in [2.45, 2.75) is 38.0 Å². The number of ether oxygens (including phenoxy) is 1. The SMILES string of the molecule is c1ccc(Oc2cccc(N3c4cc(-n5c6ccccc6c6c(C7CCCCC7)cccc65)ccc4B4c5cc(-c6ncncn6)ccc5N(c5ccccc5)c5cccc3c54)c2)cc1. The van der Waals surface area contributed by atoms with E-state index >= 15 is 0 Å². The summed E-state index contributed by atoms with van der Waals surface area (Å²) in [4.78, 5) is 18.2. The molecule has 0 radical (unpaired) electrons. The second kappa shape index (κ2) is 15.4. The molecule has 10 aromatic rings. The van der Waals surface area contributed by atoms with Crippen molar-refractivity contribution in [3.63, 3.8) is 0 Å². The van der Waals surface area contributed by atoms with Crippen LogP contribution in [0.5, 0.6) is 11.5 Å². The first kappa shape index (κ1) is 37.6. The minimum Gasteiger partial charge on any atom is -0.457 e. The van der Waals surface area contributed by atoms with Gasteiger partial charge in [-0.15, -0.1) is 0 Å². The fraction of sp³-hybridized carbons (Fsp3) is 0.105. The maximum atomic E-state index is 6.52. The zero-order valence-electron chi connectivity index (χ0n) is 35.8. The van der Waals surface area contributed by atoms with Crippen LogP contribution in [0, 0.1) is 0 Å². The highest BCUT2D eigenvalue weighted by atomic mass is 16.5. The Balaban J connectivity index is 1.07. The minimum absolute atomic E-state index is 0.0990. The fourth-order valence-corrected chi connectivity index (χ4v) is 11.1. The number of benzene rings is 8. The third-order valence-electron chi connectivity index (χ3n) is 13.8. The maximum Gasteiger partial charge on any atom is 0.252 e. The van der Waals surface area contributed by atoms with Crippen molar-refractivity contribution in [2.75, 3.05) is 9.80 Å². The van der Waals surface area contributed by atoms with Crippen LogP contribution in [-0.2, 0) is 0 Å². The van der Waals surface area contributed by atoms with E-state index in [-0.39, 0.29) is 6.71 Å². The largest absolute Gasteiger partial charge is 0.457 e. The lowest BCUT2D eigenvalue weighted by Gasteiger charge is -2.44. The van der Waals surface area contributed by atoms with Gasteiger partial charge in [0.15, 0.2) is 5.82 Å². The summed E-state index contributed by atoms with van der Waals surface area (Å²) in [5.41, 5.74) is 16.3. The monoisotopic (exact) mass is 838 g/mol. The van der Waals surface area contributed by atoms with E-state index in [1.807, 2.05) is 36.4 Å². The van der Waals surface area contributed by atoms with Crippen molar-refractivity contribution in [1.82, 2.24) is 19.5 Å². The van der Waals surface area contributed by atoms with E-state index in [4.69, 9.17) is 4.74 Å². The van der Waals surface area contributed by atoms with Gasteiger partial charge in [-0.05, 0) is 126 Å². The van der Waals surface area contributed by atoms with Crippen molar-refractivity contribution in [1.29, 1.82) is 0 Å². The molecule has 65 heavy (non-hydrogen) atoms. The number of rotatable bonds is 7. The summed E-state index contributed by atoms with van der Waals surface area (Å²) in [7, 11) is 0. The number of aromatic nitrogens is 4. The lowest BCUT2D eigenvalue weighted by Crippen LogP contribution is -2.61. The summed E-state index contributed by atoms with van der Waals surface area (Å²) in [6.45, 7) is -0.0990. The predicted octanol–water partition coefficient (Wildman–Crippen LogP) is 12.6. The van der Waals surface area contributed by atoms with Crippen LogP contribution < -0.4 is 30.9 Å². The molecule has 0 N–H and O–H groups in total. The molecule has 1 saturated carbocycles. The molecular weight excluding hydrogens is 795 g/mol. The van der Waals surface area contributed by atoms with Crippen LogP contribution in [0.2, 0.25) is 0 Å². The van der Waals surface area contributed by atoms with Crippen molar-refractivity contribution in [3.8, 4) is 28.6 Å². The van der Waals surface area contributed by atoms with E-state index in [1.54, 1.807) is 12.7 Å². The van der Waals surface area contributed by atoms with Crippen LogP contribution in [0.3, 0.4) is 0 Å². The van der Waals surface area contributed by atoms with E-state index in [1.165, 1.54) is 75.9 Å². The zero-order chi connectivity index (χ0) is 42.8. The van der Waals surface area contributed by atoms with Gasteiger partial charge in [-0.3, -0.25) is 0 Å². The highest BCUT2D eigenvalue weighted by Crippen LogP contribution is 2.47.